The maximum absolute atomic E-state index is 11.8. The van der Waals surface area contributed by atoms with Crippen LogP contribution in [-0.2, 0) is 0 Å². The van der Waals surface area contributed by atoms with Crippen LogP contribution in [0.2, 0.25) is 5.02 Å². The summed E-state index contributed by atoms with van der Waals surface area (Å²) in [5.41, 5.74) is 0.697. The number of carbonyl (C=O) groups is 1. The summed E-state index contributed by atoms with van der Waals surface area (Å²) in [5.74, 6) is 0.561. The zero-order chi connectivity index (χ0) is 12.3. The molecule has 0 radical (unpaired) electrons. The maximum Gasteiger partial charge on any atom is 0.321 e. The molecule has 5 heteroatoms. The first-order valence-electron chi connectivity index (χ1n) is 5.60. The van der Waals surface area contributed by atoms with Crippen LogP contribution in [0.25, 0.3) is 0 Å². The predicted octanol–water partition coefficient (Wildman–Crippen LogP) is 2.98. The number of amides is 2. The fourth-order valence-corrected chi connectivity index (χ4v) is 2.05. The van der Waals surface area contributed by atoms with Gasteiger partial charge in [-0.05, 0) is 25.0 Å². The number of nitrogens with one attached hydrogen (secondary N) is 1. The van der Waals surface area contributed by atoms with E-state index >= 15 is 0 Å². The minimum Gasteiger partial charge on any atom is -0.495 e. The molecule has 1 fully saturated rings. The number of halogens is 1. The van der Waals surface area contributed by atoms with E-state index in [1.807, 2.05) is 0 Å². The second-order valence-electron chi connectivity index (χ2n) is 3.97. The van der Waals surface area contributed by atoms with Gasteiger partial charge in [-0.1, -0.05) is 11.6 Å². The van der Waals surface area contributed by atoms with Crippen LogP contribution < -0.4 is 10.1 Å². The largest absolute Gasteiger partial charge is 0.495 e. The number of anilines is 1. The van der Waals surface area contributed by atoms with Crippen LogP contribution >= 0.6 is 11.6 Å². The second-order valence-corrected chi connectivity index (χ2v) is 4.38. The van der Waals surface area contributed by atoms with Gasteiger partial charge in [0.15, 0.2) is 0 Å². The third-order valence-corrected chi connectivity index (χ3v) is 3.11. The van der Waals surface area contributed by atoms with E-state index < -0.39 is 0 Å². The summed E-state index contributed by atoms with van der Waals surface area (Å²) in [6.45, 7) is 1.66. The molecule has 0 bridgehead atoms. The molecule has 1 heterocycles. The lowest BCUT2D eigenvalue weighted by molar-refractivity contribution is 0.222. The number of hydrogen-bond donors (Lipinski definition) is 1. The molecule has 1 aromatic carbocycles. The van der Waals surface area contributed by atoms with Crippen molar-refractivity contribution in [1.82, 2.24) is 4.90 Å². The molecule has 0 spiro atoms. The summed E-state index contributed by atoms with van der Waals surface area (Å²) < 4.78 is 5.10. The molecule has 2 amide bonds. The fraction of sp³-hybridized carbons (Fsp3) is 0.417. The molecule has 17 heavy (non-hydrogen) atoms. The summed E-state index contributed by atoms with van der Waals surface area (Å²) in [6, 6.07) is 5.13. The smallest absolute Gasteiger partial charge is 0.321 e. The average molecular weight is 255 g/mol. The van der Waals surface area contributed by atoms with Crippen molar-refractivity contribution in [2.75, 3.05) is 25.5 Å². The topological polar surface area (TPSA) is 41.6 Å². The van der Waals surface area contributed by atoms with Crippen molar-refractivity contribution >= 4 is 23.3 Å². The molecule has 1 aliphatic rings. The second kappa shape index (κ2) is 5.27. The van der Waals surface area contributed by atoms with E-state index in [9.17, 15) is 4.79 Å². The van der Waals surface area contributed by atoms with Crippen LogP contribution in [0.5, 0.6) is 5.75 Å². The Bertz CT molecular complexity index is 417. The number of likely N-dealkylation sites (tertiary alicyclic amines) is 1. The third kappa shape index (κ3) is 2.82. The molecule has 0 saturated carbocycles. The van der Waals surface area contributed by atoms with Gasteiger partial charge in [0.2, 0.25) is 0 Å². The average Bonchev–Trinajstić information content (AvgIpc) is 2.85. The quantitative estimate of drug-likeness (QED) is 0.882. The van der Waals surface area contributed by atoms with Crippen molar-refractivity contribution in [2.24, 2.45) is 0 Å². The number of carbonyl (C=O) groups excluding carboxylic acids is 1. The summed E-state index contributed by atoms with van der Waals surface area (Å²) in [7, 11) is 1.55. The zero-order valence-corrected chi connectivity index (χ0v) is 10.5. The molecule has 2 rings (SSSR count). The molecule has 0 aliphatic carbocycles. The zero-order valence-electron chi connectivity index (χ0n) is 9.70. The van der Waals surface area contributed by atoms with Crippen molar-refractivity contribution in [3.8, 4) is 5.75 Å². The van der Waals surface area contributed by atoms with Crippen LogP contribution in [0.1, 0.15) is 12.8 Å². The molecule has 0 aromatic heterocycles. The Morgan fingerprint density at radius 2 is 2.12 bits per heavy atom. The minimum absolute atomic E-state index is 0.0631. The molecule has 0 atom stereocenters. The molecular weight excluding hydrogens is 240 g/mol. The van der Waals surface area contributed by atoms with Gasteiger partial charge < -0.3 is 15.0 Å². The van der Waals surface area contributed by atoms with Crippen molar-refractivity contribution < 1.29 is 9.53 Å². The van der Waals surface area contributed by atoms with E-state index in [2.05, 4.69) is 5.32 Å². The van der Waals surface area contributed by atoms with E-state index in [-0.39, 0.29) is 6.03 Å². The summed E-state index contributed by atoms with van der Waals surface area (Å²) >= 11 is 5.91. The highest BCUT2D eigenvalue weighted by Gasteiger charge is 2.17. The van der Waals surface area contributed by atoms with Crippen molar-refractivity contribution in [2.45, 2.75) is 12.8 Å². The normalized spacial score (nSPS) is 14.8. The number of benzene rings is 1. The van der Waals surface area contributed by atoms with Gasteiger partial charge in [0.1, 0.15) is 5.75 Å². The molecule has 92 valence electrons. The summed E-state index contributed by atoms with van der Waals surface area (Å²) in [5, 5.41) is 3.37. The monoisotopic (exact) mass is 254 g/mol. The molecule has 1 N–H and O–H groups in total. The standard InChI is InChI=1S/C12H15ClN2O2/c1-17-11-8-9(4-5-10(11)13)14-12(16)15-6-2-3-7-15/h4-5,8H,2-3,6-7H2,1H3,(H,14,16). The van der Waals surface area contributed by atoms with Crippen LogP contribution in [0.3, 0.4) is 0 Å². The van der Waals surface area contributed by atoms with Crippen LogP contribution in [0.4, 0.5) is 10.5 Å². The lowest BCUT2D eigenvalue weighted by atomic mass is 10.3. The van der Waals surface area contributed by atoms with Gasteiger partial charge in [0, 0.05) is 24.8 Å². The summed E-state index contributed by atoms with van der Waals surface area (Å²) in [4.78, 5) is 13.6. The number of nitrogens with zero attached hydrogens (tertiary/aromatic N) is 1. The van der Waals surface area contributed by atoms with Crippen molar-refractivity contribution in [3.63, 3.8) is 0 Å². The number of hydrogen-bond acceptors (Lipinski definition) is 2. The first-order chi connectivity index (χ1) is 8.20. The van der Waals surface area contributed by atoms with Gasteiger partial charge in [-0.15, -0.1) is 0 Å². The van der Waals surface area contributed by atoms with E-state index in [4.69, 9.17) is 16.3 Å². The molecular formula is C12H15ClN2O2. The van der Waals surface area contributed by atoms with Gasteiger partial charge in [-0.25, -0.2) is 4.79 Å². The molecule has 1 saturated heterocycles. The molecule has 4 nitrogen and oxygen atoms in total. The fourth-order valence-electron chi connectivity index (χ4n) is 1.86. The SMILES string of the molecule is COc1cc(NC(=O)N2CCCC2)ccc1Cl. The van der Waals surface area contributed by atoms with Crippen LogP contribution in [0.15, 0.2) is 18.2 Å². The molecule has 1 aromatic rings. The van der Waals surface area contributed by atoms with Crippen LogP contribution in [-0.4, -0.2) is 31.1 Å². The Labute approximate surface area is 106 Å². The number of ether oxygens (including phenoxy) is 1. The van der Waals surface area contributed by atoms with E-state index in [1.54, 1.807) is 30.2 Å². The minimum atomic E-state index is -0.0631. The third-order valence-electron chi connectivity index (χ3n) is 2.80. The predicted molar refractivity (Wildman–Crippen MR) is 67.8 cm³/mol. The highest BCUT2D eigenvalue weighted by atomic mass is 35.5. The Hall–Kier alpha value is -1.42. The van der Waals surface area contributed by atoms with E-state index in [1.165, 1.54) is 0 Å². The van der Waals surface area contributed by atoms with Gasteiger partial charge >= 0.3 is 6.03 Å². The van der Waals surface area contributed by atoms with Crippen molar-refractivity contribution in [3.05, 3.63) is 23.2 Å². The lowest BCUT2D eigenvalue weighted by Gasteiger charge is -2.16. The Morgan fingerprint density at radius 1 is 1.41 bits per heavy atom. The molecule has 0 unspecified atom stereocenters. The van der Waals surface area contributed by atoms with E-state index in [0.717, 1.165) is 25.9 Å². The van der Waals surface area contributed by atoms with Crippen molar-refractivity contribution in [1.29, 1.82) is 0 Å². The lowest BCUT2D eigenvalue weighted by Crippen LogP contribution is -2.32. The molecule has 1 aliphatic heterocycles. The van der Waals surface area contributed by atoms with Gasteiger partial charge in [-0.2, -0.15) is 0 Å². The number of urea groups is 1. The van der Waals surface area contributed by atoms with Crippen LogP contribution in [0, 0.1) is 0 Å². The first-order valence-corrected chi connectivity index (χ1v) is 5.98. The Morgan fingerprint density at radius 3 is 2.76 bits per heavy atom. The van der Waals surface area contributed by atoms with Gasteiger partial charge in [-0.3, -0.25) is 0 Å². The Balaban J connectivity index is 2.05. The maximum atomic E-state index is 11.8. The van der Waals surface area contributed by atoms with Gasteiger partial charge in [0.25, 0.3) is 0 Å². The Kier molecular flexibility index (Phi) is 3.74. The summed E-state index contributed by atoms with van der Waals surface area (Å²) in [6.07, 6.45) is 2.16. The number of rotatable bonds is 2. The highest BCUT2D eigenvalue weighted by molar-refractivity contribution is 6.32. The number of methoxy groups -OCH3 is 1. The first kappa shape index (κ1) is 12.0. The van der Waals surface area contributed by atoms with Gasteiger partial charge in [0.05, 0.1) is 12.1 Å². The van der Waals surface area contributed by atoms with E-state index in [0.29, 0.717) is 16.5 Å². The highest BCUT2D eigenvalue weighted by Crippen LogP contribution is 2.27.